The number of pyridine rings is 1. The molecular formula is C10H11N3. The van der Waals surface area contributed by atoms with Crippen LogP contribution in [-0.4, -0.2) is 4.98 Å². The third-order valence-electron chi connectivity index (χ3n) is 1.97. The van der Waals surface area contributed by atoms with E-state index in [0.717, 1.165) is 10.9 Å². The van der Waals surface area contributed by atoms with Crippen molar-refractivity contribution in [3.05, 3.63) is 42.1 Å². The molecule has 3 nitrogen and oxygen atoms in total. The normalized spacial score (nSPS) is 10.5. The van der Waals surface area contributed by atoms with Gasteiger partial charge in [0.1, 0.15) is 0 Å². The van der Waals surface area contributed by atoms with Crippen molar-refractivity contribution >= 4 is 10.9 Å². The number of hydrogen-bond acceptors (Lipinski definition) is 3. The van der Waals surface area contributed by atoms with Crippen molar-refractivity contribution < 1.29 is 0 Å². The van der Waals surface area contributed by atoms with E-state index in [1.165, 1.54) is 5.56 Å². The van der Waals surface area contributed by atoms with Crippen molar-refractivity contribution in [1.29, 1.82) is 0 Å². The molecule has 0 radical (unpaired) electrons. The molecule has 2 rings (SSSR count). The highest BCUT2D eigenvalue weighted by Gasteiger charge is 1.94. The molecule has 1 heterocycles. The lowest BCUT2D eigenvalue weighted by Crippen LogP contribution is -2.20. The summed E-state index contributed by atoms with van der Waals surface area (Å²) in [6.07, 6.45) is 1.79. The summed E-state index contributed by atoms with van der Waals surface area (Å²) in [5.41, 5.74) is 4.81. The molecular weight excluding hydrogens is 162 g/mol. The second-order valence-electron chi connectivity index (χ2n) is 2.91. The SMILES string of the molecule is NNCc1ccc2ncccc2c1. The van der Waals surface area contributed by atoms with Gasteiger partial charge >= 0.3 is 0 Å². The number of fused-ring (bicyclic) bond motifs is 1. The summed E-state index contributed by atoms with van der Waals surface area (Å²) >= 11 is 0. The highest BCUT2D eigenvalue weighted by atomic mass is 15.2. The predicted molar refractivity (Wildman–Crippen MR) is 52.8 cm³/mol. The van der Waals surface area contributed by atoms with Gasteiger partial charge in [-0.3, -0.25) is 16.3 Å². The minimum absolute atomic E-state index is 0.685. The average Bonchev–Trinajstić information content (AvgIpc) is 2.18. The van der Waals surface area contributed by atoms with Gasteiger partial charge in [-0.15, -0.1) is 0 Å². The van der Waals surface area contributed by atoms with Crippen LogP contribution in [0.5, 0.6) is 0 Å². The Morgan fingerprint density at radius 2 is 2.23 bits per heavy atom. The van der Waals surface area contributed by atoms with Crippen LogP contribution in [0.2, 0.25) is 0 Å². The number of hydrogen-bond donors (Lipinski definition) is 2. The number of aromatic nitrogens is 1. The zero-order chi connectivity index (χ0) is 9.10. The Morgan fingerprint density at radius 1 is 1.31 bits per heavy atom. The number of benzene rings is 1. The molecule has 0 aliphatic carbocycles. The molecule has 2 aromatic rings. The van der Waals surface area contributed by atoms with Crippen LogP contribution in [-0.2, 0) is 6.54 Å². The minimum atomic E-state index is 0.685. The van der Waals surface area contributed by atoms with Crippen LogP contribution < -0.4 is 11.3 Å². The second kappa shape index (κ2) is 3.51. The minimum Gasteiger partial charge on any atom is -0.271 e. The van der Waals surface area contributed by atoms with Gasteiger partial charge in [0.05, 0.1) is 5.52 Å². The first-order valence-electron chi connectivity index (χ1n) is 4.17. The third-order valence-corrected chi connectivity index (χ3v) is 1.97. The maximum absolute atomic E-state index is 5.24. The Balaban J connectivity index is 2.49. The van der Waals surface area contributed by atoms with Crippen molar-refractivity contribution in [3.63, 3.8) is 0 Å². The van der Waals surface area contributed by atoms with Crippen LogP contribution in [0, 0.1) is 0 Å². The van der Waals surface area contributed by atoms with E-state index in [4.69, 9.17) is 5.84 Å². The molecule has 1 aromatic carbocycles. The lowest BCUT2D eigenvalue weighted by atomic mass is 10.1. The number of nitrogens with two attached hydrogens (primary N) is 1. The molecule has 0 spiro atoms. The van der Waals surface area contributed by atoms with Gasteiger partial charge in [-0.1, -0.05) is 12.1 Å². The molecule has 66 valence electrons. The molecule has 0 saturated heterocycles. The summed E-state index contributed by atoms with van der Waals surface area (Å²) in [6.45, 7) is 0.685. The van der Waals surface area contributed by atoms with Crippen molar-refractivity contribution in [2.24, 2.45) is 5.84 Å². The van der Waals surface area contributed by atoms with Gasteiger partial charge < -0.3 is 0 Å². The van der Waals surface area contributed by atoms with E-state index in [0.29, 0.717) is 6.54 Å². The van der Waals surface area contributed by atoms with Crippen LogP contribution in [0.3, 0.4) is 0 Å². The van der Waals surface area contributed by atoms with Crippen molar-refractivity contribution in [2.45, 2.75) is 6.54 Å². The topological polar surface area (TPSA) is 50.9 Å². The number of nitrogens with zero attached hydrogens (tertiary/aromatic N) is 1. The Hall–Kier alpha value is -1.45. The first-order valence-corrected chi connectivity index (χ1v) is 4.17. The van der Waals surface area contributed by atoms with Gasteiger partial charge in [-0.25, -0.2) is 0 Å². The van der Waals surface area contributed by atoms with Crippen LogP contribution in [0.25, 0.3) is 10.9 Å². The lowest BCUT2D eigenvalue weighted by molar-refractivity contribution is 0.742. The Bertz CT molecular complexity index is 412. The molecule has 0 atom stereocenters. The maximum atomic E-state index is 5.24. The molecule has 0 aliphatic heterocycles. The van der Waals surface area contributed by atoms with Gasteiger partial charge in [0, 0.05) is 18.1 Å². The predicted octanol–water partition coefficient (Wildman–Crippen LogP) is 1.20. The average molecular weight is 173 g/mol. The van der Waals surface area contributed by atoms with Crippen LogP contribution in [0.1, 0.15) is 5.56 Å². The highest BCUT2D eigenvalue weighted by molar-refractivity contribution is 5.78. The van der Waals surface area contributed by atoms with Crippen LogP contribution in [0.15, 0.2) is 36.5 Å². The zero-order valence-corrected chi connectivity index (χ0v) is 7.20. The maximum Gasteiger partial charge on any atom is 0.0702 e. The number of nitrogens with one attached hydrogen (secondary N) is 1. The van der Waals surface area contributed by atoms with E-state index in [9.17, 15) is 0 Å². The fraction of sp³-hybridized carbons (Fsp3) is 0.100. The van der Waals surface area contributed by atoms with E-state index in [2.05, 4.69) is 16.5 Å². The van der Waals surface area contributed by atoms with E-state index in [-0.39, 0.29) is 0 Å². The largest absolute Gasteiger partial charge is 0.271 e. The van der Waals surface area contributed by atoms with Crippen LogP contribution >= 0.6 is 0 Å². The molecule has 0 unspecified atom stereocenters. The molecule has 13 heavy (non-hydrogen) atoms. The molecule has 0 bridgehead atoms. The van der Waals surface area contributed by atoms with Crippen LogP contribution in [0.4, 0.5) is 0 Å². The molecule has 0 amide bonds. The van der Waals surface area contributed by atoms with Gasteiger partial charge in [0.25, 0.3) is 0 Å². The monoisotopic (exact) mass is 173 g/mol. The summed E-state index contributed by atoms with van der Waals surface area (Å²) in [4.78, 5) is 4.23. The fourth-order valence-electron chi connectivity index (χ4n) is 1.35. The lowest BCUT2D eigenvalue weighted by Gasteiger charge is -2.01. The van der Waals surface area contributed by atoms with Crippen molar-refractivity contribution in [2.75, 3.05) is 0 Å². The summed E-state index contributed by atoms with van der Waals surface area (Å²) < 4.78 is 0. The molecule has 0 saturated carbocycles. The van der Waals surface area contributed by atoms with Gasteiger partial charge in [0.2, 0.25) is 0 Å². The quantitative estimate of drug-likeness (QED) is 0.530. The zero-order valence-electron chi connectivity index (χ0n) is 7.20. The first-order chi connectivity index (χ1) is 6.40. The smallest absolute Gasteiger partial charge is 0.0702 e. The standard InChI is InChI=1S/C10H11N3/c11-13-7-8-3-4-10-9(6-8)2-1-5-12-10/h1-6,13H,7,11H2. The highest BCUT2D eigenvalue weighted by Crippen LogP contribution is 2.12. The summed E-state index contributed by atoms with van der Waals surface area (Å²) in [7, 11) is 0. The van der Waals surface area contributed by atoms with Gasteiger partial charge in [0.15, 0.2) is 0 Å². The van der Waals surface area contributed by atoms with E-state index in [1.54, 1.807) is 6.20 Å². The Morgan fingerprint density at radius 3 is 3.08 bits per heavy atom. The Kier molecular flexibility index (Phi) is 2.21. The second-order valence-corrected chi connectivity index (χ2v) is 2.91. The molecule has 1 aromatic heterocycles. The fourth-order valence-corrected chi connectivity index (χ4v) is 1.35. The summed E-state index contributed by atoms with van der Waals surface area (Å²) in [6, 6.07) is 10.1. The van der Waals surface area contributed by atoms with E-state index < -0.39 is 0 Å². The molecule has 0 fully saturated rings. The number of hydrazine groups is 1. The van der Waals surface area contributed by atoms with Gasteiger partial charge in [-0.05, 0) is 23.8 Å². The molecule has 3 N–H and O–H groups in total. The Labute approximate surface area is 76.6 Å². The van der Waals surface area contributed by atoms with Crippen molar-refractivity contribution in [3.8, 4) is 0 Å². The summed E-state index contributed by atoms with van der Waals surface area (Å²) in [5.74, 6) is 5.24. The number of rotatable bonds is 2. The molecule has 3 heteroatoms. The van der Waals surface area contributed by atoms with E-state index >= 15 is 0 Å². The first kappa shape index (κ1) is 8.16. The molecule has 0 aliphatic rings. The third kappa shape index (κ3) is 1.66. The van der Waals surface area contributed by atoms with Gasteiger partial charge in [-0.2, -0.15) is 0 Å². The van der Waals surface area contributed by atoms with E-state index in [1.807, 2.05) is 24.3 Å². The summed E-state index contributed by atoms with van der Waals surface area (Å²) in [5, 5.41) is 1.15. The van der Waals surface area contributed by atoms with Crippen molar-refractivity contribution in [1.82, 2.24) is 10.4 Å².